The maximum absolute atomic E-state index is 4.51. The van der Waals surface area contributed by atoms with Crippen molar-refractivity contribution >= 4 is 32.9 Å². The van der Waals surface area contributed by atoms with Crippen LogP contribution in [0.25, 0.3) is 10.1 Å². The lowest BCUT2D eigenvalue weighted by Crippen LogP contribution is -2.12. The lowest BCUT2D eigenvalue weighted by atomic mass is 10.2. The lowest BCUT2D eigenvalue weighted by molar-refractivity contribution is 1.09. The fraction of sp³-hybridized carbons (Fsp3) is 0.0667. The fourth-order valence-corrected chi connectivity index (χ4v) is 3.07. The van der Waals surface area contributed by atoms with Gasteiger partial charge in [-0.2, -0.15) is 0 Å². The van der Waals surface area contributed by atoms with Crippen LogP contribution in [0, 0.1) is 0 Å². The molecule has 1 N–H and O–H groups in total. The number of fused-ring (bicyclic) bond motifs is 2. The highest BCUT2D eigenvalue weighted by atomic mass is 32.1. The van der Waals surface area contributed by atoms with E-state index in [4.69, 9.17) is 0 Å². The second-order valence-electron chi connectivity index (χ2n) is 4.47. The smallest absolute Gasteiger partial charge is 0.152 e. The fourth-order valence-electron chi connectivity index (χ4n) is 2.30. The van der Waals surface area contributed by atoms with Crippen LogP contribution >= 0.6 is 11.3 Å². The Bertz CT molecular complexity index is 789. The predicted octanol–water partition coefficient (Wildman–Crippen LogP) is 3.67. The Morgan fingerprint density at radius 2 is 2.16 bits per heavy atom. The highest BCUT2D eigenvalue weighted by molar-refractivity contribution is 7.17. The third-order valence-electron chi connectivity index (χ3n) is 3.24. The molecule has 0 amide bonds. The molecule has 1 aliphatic heterocycles. The van der Waals surface area contributed by atoms with Gasteiger partial charge in [-0.25, -0.2) is 0 Å². The summed E-state index contributed by atoms with van der Waals surface area (Å²) in [6.45, 7) is 0.714. The summed E-state index contributed by atoms with van der Waals surface area (Å²) in [6.07, 6.45) is 1.81. The highest BCUT2D eigenvalue weighted by Crippen LogP contribution is 2.25. The predicted molar refractivity (Wildman–Crippen MR) is 79.9 cm³/mol. The molecule has 0 atom stereocenters. The normalized spacial score (nSPS) is 13.4. The van der Waals surface area contributed by atoms with Gasteiger partial charge in [0.25, 0.3) is 0 Å². The van der Waals surface area contributed by atoms with E-state index >= 15 is 0 Å². The second-order valence-corrected chi connectivity index (χ2v) is 5.42. The van der Waals surface area contributed by atoms with Crippen LogP contribution in [0.15, 0.2) is 53.0 Å². The molecule has 2 aromatic heterocycles. The van der Waals surface area contributed by atoms with Gasteiger partial charge in [0.2, 0.25) is 0 Å². The van der Waals surface area contributed by atoms with Crippen LogP contribution in [-0.2, 0) is 6.54 Å². The first-order valence-corrected chi connectivity index (χ1v) is 7.01. The van der Waals surface area contributed by atoms with Crippen LogP contribution in [0.5, 0.6) is 0 Å². The Labute approximate surface area is 114 Å². The van der Waals surface area contributed by atoms with Crippen molar-refractivity contribution in [3.8, 4) is 0 Å². The van der Waals surface area contributed by atoms with Crippen LogP contribution in [-0.4, -0.2) is 10.8 Å². The Balaban J connectivity index is 1.69. The summed E-state index contributed by atoms with van der Waals surface area (Å²) in [6, 6.07) is 12.5. The van der Waals surface area contributed by atoms with Crippen molar-refractivity contribution in [1.82, 2.24) is 4.98 Å². The van der Waals surface area contributed by atoms with Crippen molar-refractivity contribution < 1.29 is 0 Å². The van der Waals surface area contributed by atoms with Crippen molar-refractivity contribution in [2.75, 3.05) is 5.32 Å². The van der Waals surface area contributed by atoms with E-state index in [2.05, 4.69) is 51.0 Å². The minimum atomic E-state index is 0.714. The summed E-state index contributed by atoms with van der Waals surface area (Å²) < 4.78 is 1.30. The van der Waals surface area contributed by atoms with E-state index in [1.54, 1.807) is 11.3 Å². The molecule has 19 heavy (non-hydrogen) atoms. The van der Waals surface area contributed by atoms with Gasteiger partial charge in [0, 0.05) is 22.1 Å². The molecular formula is C15H11N3S. The van der Waals surface area contributed by atoms with E-state index in [1.165, 1.54) is 15.6 Å². The topological polar surface area (TPSA) is 37.3 Å². The third kappa shape index (κ3) is 1.81. The molecule has 3 aromatic rings. The molecule has 0 unspecified atom stereocenters. The van der Waals surface area contributed by atoms with Gasteiger partial charge in [-0.05, 0) is 41.1 Å². The van der Waals surface area contributed by atoms with Crippen LogP contribution in [0.4, 0.5) is 5.69 Å². The van der Waals surface area contributed by atoms with Crippen LogP contribution in [0.1, 0.15) is 11.3 Å². The highest BCUT2D eigenvalue weighted by Gasteiger charge is 2.16. The van der Waals surface area contributed by atoms with E-state index in [0.29, 0.717) is 6.54 Å². The minimum Gasteiger partial charge on any atom is -0.339 e. The van der Waals surface area contributed by atoms with Crippen molar-refractivity contribution in [3.05, 3.63) is 59.2 Å². The summed E-state index contributed by atoms with van der Waals surface area (Å²) >= 11 is 1.76. The van der Waals surface area contributed by atoms with Crippen molar-refractivity contribution in [3.63, 3.8) is 0 Å². The Morgan fingerprint density at radius 1 is 1.16 bits per heavy atom. The van der Waals surface area contributed by atoms with Crippen LogP contribution in [0.2, 0.25) is 0 Å². The Kier molecular flexibility index (Phi) is 2.35. The summed E-state index contributed by atoms with van der Waals surface area (Å²) in [4.78, 5) is 8.91. The minimum absolute atomic E-state index is 0.714. The first-order chi connectivity index (χ1) is 9.40. The molecule has 92 valence electrons. The van der Waals surface area contributed by atoms with Crippen molar-refractivity contribution in [2.45, 2.75) is 6.54 Å². The molecule has 0 saturated heterocycles. The standard InChI is InChI=1S/C15H11N3S/c1-2-11-9-17-15(14(11)16-6-1)18-12-3-4-13-10(8-12)5-7-19-13/h1-8H,9H2,(H,17,18). The number of amidine groups is 1. The average molecular weight is 265 g/mol. The number of aromatic nitrogens is 1. The zero-order valence-corrected chi connectivity index (χ0v) is 10.9. The number of pyridine rings is 1. The summed E-state index contributed by atoms with van der Waals surface area (Å²) in [5, 5.41) is 6.74. The van der Waals surface area contributed by atoms with Crippen molar-refractivity contribution in [1.29, 1.82) is 0 Å². The molecule has 1 aromatic carbocycles. The van der Waals surface area contributed by atoms with E-state index in [1.807, 2.05) is 12.3 Å². The number of nitrogens with one attached hydrogen (secondary N) is 1. The second kappa shape index (κ2) is 4.17. The SMILES string of the molecule is c1cnc2c(c1)CN=C2Nc1ccc2sccc2c1. The summed E-state index contributed by atoms with van der Waals surface area (Å²) in [5.74, 6) is 0.866. The molecule has 3 heterocycles. The molecule has 1 aliphatic rings. The Morgan fingerprint density at radius 3 is 3.16 bits per heavy atom. The summed E-state index contributed by atoms with van der Waals surface area (Å²) in [7, 11) is 0. The molecule has 0 saturated carbocycles. The van der Waals surface area contributed by atoms with Gasteiger partial charge in [-0.15, -0.1) is 11.3 Å². The van der Waals surface area contributed by atoms with Gasteiger partial charge < -0.3 is 5.32 Å². The number of aliphatic imine (C=N–C) groups is 1. The van der Waals surface area contributed by atoms with Gasteiger partial charge in [-0.3, -0.25) is 9.98 Å². The van der Waals surface area contributed by atoms with E-state index < -0.39 is 0 Å². The number of nitrogens with zero attached hydrogens (tertiary/aromatic N) is 2. The maximum Gasteiger partial charge on any atom is 0.152 e. The maximum atomic E-state index is 4.51. The molecule has 0 radical (unpaired) electrons. The van der Waals surface area contributed by atoms with E-state index in [9.17, 15) is 0 Å². The molecule has 4 rings (SSSR count). The first-order valence-electron chi connectivity index (χ1n) is 6.13. The molecular weight excluding hydrogens is 254 g/mol. The quantitative estimate of drug-likeness (QED) is 0.729. The summed E-state index contributed by atoms with van der Waals surface area (Å²) in [5.41, 5.74) is 3.21. The molecule has 0 bridgehead atoms. The van der Waals surface area contributed by atoms with E-state index in [-0.39, 0.29) is 0 Å². The number of benzene rings is 1. The number of hydrogen-bond donors (Lipinski definition) is 1. The zero-order valence-electron chi connectivity index (χ0n) is 10.1. The molecule has 3 nitrogen and oxygen atoms in total. The molecule has 4 heteroatoms. The average Bonchev–Trinajstić information content (AvgIpc) is 3.06. The number of thiophene rings is 1. The monoisotopic (exact) mass is 265 g/mol. The molecule has 0 aliphatic carbocycles. The van der Waals surface area contributed by atoms with Gasteiger partial charge in [0.1, 0.15) is 5.69 Å². The number of rotatable bonds is 1. The lowest BCUT2D eigenvalue weighted by Gasteiger charge is -2.06. The van der Waals surface area contributed by atoms with Gasteiger partial charge in [0.15, 0.2) is 5.84 Å². The van der Waals surface area contributed by atoms with E-state index in [0.717, 1.165) is 17.2 Å². The first kappa shape index (κ1) is 10.7. The van der Waals surface area contributed by atoms with Gasteiger partial charge >= 0.3 is 0 Å². The third-order valence-corrected chi connectivity index (χ3v) is 4.14. The largest absolute Gasteiger partial charge is 0.339 e. The van der Waals surface area contributed by atoms with Crippen LogP contribution in [0.3, 0.4) is 0 Å². The zero-order chi connectivity index (χ0) is 12.7. The van der Waals surface area contributed by atoms with Gasteiger partial charge in [0.05, 0.1) is 6.54 Å². The van der Waals surface area contributed by atoms with Crippen molar-refractivity contribution in [2.24, 2.45) is 4.99 Å². The van der Waals surface area contributed by atoms with Gasteiger partial charge in [-0.1, -0.05) is 6.07 Å². The Hall–Kier alpha value is -2.20. The number of hydrogen-bond acceptors (Lipinski definition) is 4. The molecule has 0 spiro atoms. The molecule has 0 fully saturated rings. The number of anilines is 1. The van der Waals surface area contributed by atoms with Crippen LogP contribution < -0.4 is 5.32 Å².